The number of hydrogen-bond acceptors (Lipinski definition) is 4. The monoisotopic (exact) mass is 438 g/mol. The molecule has 0 spiro atoms. The van der Waals surface area contributed by atoms with Crippen molar-refractivity contribution in [2.75, 3.05) is 0 Å². The Morgan fingerprint density at radius 3 is 1.65 bits per heavy atom. The van der Waals surface area contributed by atoms with Crippen LogP contribution in [0.1, 0.15) is 9.75 Å². The Labute approximate surface area is 161 Å². The zero-order valence-electron chi connectivity index (χ0n) is 12.7. The Bertz CT molecular complexity index is 826. The van der Waals surface area contributed by atoms with Crippen molar-refractivity contribution in [3.63, 3.8) is 0 Å². The molecule has 0 atom stereocenters. The second-order valence-corrected chi connectivity index (χ2v) is 10.9. The van der Waals surface area contributed by atoms with Gasteiger partial charge in [0.15, 0.2) is 0 Å². The maximum absolute atomic E-state index is 3.46. The topological polar surface area (TPSA) is 0 Å². The molecule has 0 saturated carbocycles. The lowest BCUT2D eigenvalue weighted by Gasteiger charge is -1.86. The van der Waals surface area contributed by atoms with Crippen molar-refractivity contribution >= 4 is 61.3 Å². The van der Waals surface area contributed by atoms with Gasteiger partial charge in [-0.3, -0.25) is 0 Å². The van der Waals surface area contributed by atoms with E-state index in [1.807, 2.05) is 22.7 Å². The summed E-state index contributed by atoms with van der Waals surface area (Å²) in [6, 6.07) is 17.2. The van der Waals surface area contributed by atoms with Crippen LogP contribution in [-0.4, -0.2) is 0 Å². The van der Waals surface area contributed by atoms with Crippen LogP contribution in [0.15, 0.2) is 57.7 Å². The van der Waals surface area contributed by atoms with Crippen molar-refractivity contribution in [1.29, 1.82) is 0 Å². The Morgan fingerprint density at radius 2 is 1.22 bits per heavy atom. The van der Waals surface area contributed by atoms with E-state index in [1.165, 1.54) is 33.0 Å². The molecule has 0 aliphatic carbocycles. The lowest BCUT2D eigenvalue weighted by molar-refractivity contribution is 1.64. The van der Waals surface area contributed by atoms with Crippen LogP contribution in [0.2, 0.25) is 0 Å². The molecular formula is C18H15BrS4. The fourth-order valence-corrected chi connectivity index (χ4v) is 6.05. The number of halogens is 1. The Kier molecular flexibility index (Phi) is 5.88. The first-order valence-corrected chi connectivity index (χ1v) is 11.2. The molecule has 4 aromatic rings. The quantitative estimate of drug-likeness (QED) is 0.294. The molecule has 23 heavy (non-hydrogen) atoms. The molecule has 0 nitrogen and oxygen atoms in total. The molecule has 0 fully saturated rings. The Hall–Kier alpha value is -0.720. The summed E-state index contributed by atoms with van der Waals surface area (Å²) in [5.41, 5.74) is 0. The summed E-state index contributed by atoms with van der Waals surface area (Å²) < 4.78 is 1.20. The number of hydrogen-bond donors (Lipinski definition) is 0. The van der Waals surface area contributed by atoms with Crippen molar-refractivity contribution in [2.24, 2.45) is 0 Å². The van der Waals surface area contributed by atoms with Crippen LogP contribution in [0.25, 0.3) is 19.5 Å². The molecule has 4 rings (SSSR count). The third kappa shape index (κ3) is 4.64. The minimum Gasteiger partial charge on any atom is -0.143 e. The van der Waals surface area contributed by atoms with Crippen molar-refractivity contribution in [3.8, 4) is 19.5 Å². The van der Waals surface area contributed by atoms with Crippen LogP contribution in [0.5, 0.6) is 0 Å². The number of thiophene rings is 4. The highest BCUT2D eigenvalue weighted by Gasteiger charge is 2.02. The molecule has 5 heteroatoms. The third-order valence-corrected chi connectivity index (χ3v) is 7.95. The van der Waals surface area contributed by atoms with E-state index >= 15 is 0 Å². The van der Waals surface area contributed by atoms with E-state index in [9.17, 15) is 0 Å². The summed E-state index contributed by atoms with van der Waals surface area (Å²) in [6.07, 6.45) is 0. The van der Waals surface area contributed by atoms with Gasteiger partial charge in [-0.05, 0) is 77.6 Å². The van der Waals surface area contributed by atoms with Crippen molar-refractivity contribution in [3.05, 3.63) is 67.5 Å². The predicted octanol–water partition coefficient (Wildman–Crippen LogP) is 8.33. The summed E-state index contributed by atoms with van der Waals surface area (Å²) in [7, 11) is 0. The maximum Gasteiger partial charge on any atom is 0.0705 e. The van der Waals surface area contributed by atoms with Crippen LogP contribution in [0, 0.1) is 13.8 Å². The summed E-state index contributed by atoms with van der Waals surface area (Å²) in [4.78, 5) is 8.23. The van der Waals surface area contributed by atoms with Gasteiger partial charge in [0.2, 0.25) is 0 Å². The van der Waals surface area contributed by atoms with Crippen LogP contribution < -0.4 is 0 Å². The minimum absolute atomic E-state index is 1.20. The first-order chi connectivity index (χ1) is 11.1. The molecule has 4 aromatic heterocycles. The van der Waals surface area contributed by atoms with Gasteiger partial charge in [0.1, 0.15) is 0 Å². The highest BCUT2D eigenvalue weighted by Crippen LogP contribution is 2.35. The lowest BCUT2D eigenvalue weighted by atomic mass is 10.4. The zero-order valence-corrected chi connectivity index (χ0v) is 17.6. The Balaban J connectivity index is 0.000000136. The van der Waals surface area contributed by atoms with E-state index in [0.717, 1.165) is 0 Å². The van der Waals surface area contributed by atoms with Crippen LogP contribution in [0.3, 0.4) is 0 Å². The van der Waals surface area contributed by atoms with Gasteiger partial charge in [-0.1, -0.05) is 6.07 Å². The van der Waals surface area contributed by atoms with E-state index in [-0.39, 0.29) is 0 Å². The standard InChI is InChI=1S/C9H7BrS2.C9H8S2/c1-6-2-3-7(11-6)8-4-5-9(10)12-8;1-7-4-5-9(11-7)8-3-2-6-10-8/h2-5H,1H3;2-6H,1H3. The van der Waals surface area contributed by atoms with Gasteiger partial charge in [0.05, 0.1) is 3.79 Å². The average molecular weight is 439 g/mol. The first-order valence-electron chi connectivity index (χ1n) is 7.04. The SMILES string of the molecule is Cc1ccc(-c2ccc(Br)s2)s1.Cc1ccc(-c2cccs2)s1. The molecule has 0 saturated heterocycles. The van der Waals surface area contributed by atoms with Gasteiger partial charge in [-0.15, -0.1) is 45.3 Å². The summed E-state index contributed by atoms with van der Waals surface area (Å²) in [5, 5.41) is 2.12. The van der Waals surface area contributed by atoms with Gasteiger partial charge >= 0.3 is 0 Å². The number of aryl methyl sites for hydroxylation is 2. The predicted molar refractivity (Wildman–Crippen MR) is 112 cm³/mol. The normalized spacial score (nSPS) is 10.4. The van der Waals surface area contributed by atoms with Crippen molar-refractivity contribution < 1.29 is 0 Å². The molecule has 0 amide bonds. The zero-order chi connectivity index (χ0) is 16.2. The Morgan fingerprint density at radius 1 is 0.652 bits per heavy atom. The molecule has 0 bridgehead atoms. The van der Waals surface area contributed by atoms with Crippen molar-refractivity contribution in [1.82, 2.24) is 0 Å². The molecular weight excluding hydrogens is 424 g/mol. The largest absolute Gasteiger partial charge is 0.143 e. The fraction of sp³-hybridized carbons (Fsp3) is 0.111. The van der Waals surface area contributed by atoms with Crippen LogP contribution in [-0.2, 0) is 0 Å². The molecule has 0 N–H and O–H groups in total. The van der Waals surface area contributed by atoms with Gasteiger partial charge in [0.25, 0.3) is 0 Å². The van der Waals surface area contributed by atoms with E-state index in [2.05, 4.69) is 83.7 Å². The van der Waals surface area contributed by atoms with Crippen LogP contribution in [0.4, 0.5) is 0 Å². The molecule has 0 radical (unpaired) electrons. The van der Waals surface area contributed by atoms with Gasteiger partial charge in [0, 0.05) is 29.3 Å². The second kappa shape index (κ2) is 7.90. The van der Waals surface area contributed by atoms with Gasteiger partial charge in [-0.2, -0.15) is 0 Å². The van der Waals surface area contributed by atoms with Gasteiger partial charge < -0.3 is 0 Å². The van der Waals surface area contributed by atoms with Crippen LogP contribution >= 0.6 is 61.3 Å². The molecule has 4 heterocycles. The smallest absolute Gasteiger partial charge is 0.0705 e. The molecule has 0 aliphatic heterocycles. The summed E-state index contributed by atoms with van der Waals surface area (Å²) in [5.74, 6) is 0. The summed E-state index contributed by atoms with van der Waals surface area (Å²) >= 11 is 10.7. The van der Waals surface area contributed by atoms with Crippen molar-refractivity contribution in [2.45, 2.75) is 13.8 Å². The van der Waals surface area contributed by atoms with E-state index in [1.54, 1.807) is 22.7 Å². The number of rotatable bonds is 2. The lowest BCUT2D eigenvalue weighted by Crippen LogP contribution is -1.55. The van der Waals surface area contributed by atoms with E-state index in [4.69, 9.17) is 0 Å². The average Bonchev–Trinajstić information content (AvgIpc) is 3.26. The maximum atomic E-state index is 3.46. The molecule has 0 aliphatic rings. The fourth-order valence-electron chi connectivity index (χ4n) is 2.00. The van der Waals surface area contributed by atoms with E-state index < -0.39 is 0 Å². The third-order valence-electron chi connectivity index (χ3n) is 3.06. The first kappa shape index (κ1) is 17.1. The highest BCUT2D eigenvalue weighted by atomic mass is 79.9. The summed E-state index contributed by atoms with van der Waals surface area (Å²) in [6.45, 7) is 4.28. The van der Waals surface area contributed by atoms with Gasteiger partial charge in [-0.25, -0.2) is 0 Å². The minimum atomic E-state index is 1.20. The van der Waals surface area contributed by atoms with E-state index in [0.29, 0.717) is 0 Å². The second-order valence-electron chi connectivity index (χ2n) is 4.90. The molecule has 0 aromatic carbocycles. The molecule has 118 valence electrons. The molecule has 0 unspecified atom stereocenters. The highest BCUT2D eigenvalue weighted by molar-refractivity contribution is 9.11.